The van der Waals surface area contributed by atoms with Crippen LogP contribution in [0.1, 0.15) is 12.5 Å². The SMILES string of the molecule is CC(C(=O)O)N1CCN(c2ccc(Br)cc2C(F)(F)F)CC1. The van der Waals surface area contributed by atoms with Gasteiger partial charge in [-0.2, -0.15) is 13.2 Å². The zero-order valence-corrected chi connectivity index (χ0v) is 13.5. The minimum atomic E-state index is -4.43. The molecular weight excluding hydrogens is 365 g/mol. The van der Waals surface area contributed by atoms with Crippen LogP contribution in [0.2, 0.25) is 0 Å². The maximum Gasteiger partial charge on any atom is 0.418 e. The van der Waals surface area contributed by atoms with E-state index in [-0.39, 0.29) is 5.69 Å². The third-order valence-corrected chi connectivity index (χ3v) is 4.32. The fraction of sp³-hybridized carbons (Fsp3) is 0.500. The van der Waals surface area contributed by atoms with E-state index in [4.69, 9.17) is 5.11 Å². The van der Waals surface area contributed by atoms with Gasteiger partial charge in [-0.05, 0) is 25.1 Å². The predicted molar refractivity (Wildman–Crippen MR) is 80.0 cm³/mol. The molecule has 1 aliphatic rings. The van der Waals surface area contributed by atoms with Gasteiger partial charge in [-0.15, -0.1) is 0 Å². The lowest BCUT2D eigenvalue weighted by atomic mass is 10.1. The van der Waals surface area contributed by atoms with Gasteiger partial charge < -0.3 is 10.0 Å². The van der Waals surface area contributed by atoms with E-state index < -0.39 is 23.8 Å². The van der Waals surface area contributed by atoms with Gasteiger partial charge in [0, 0.05) is 36.3 Å². The molecule has 0 radical (unpaired) electrons. The Bertz CT molecular complexity index is 558. The van der Waals surface area contributed by atoms with Crippen LogP contribution in [0.15, 0.2) is 22.7 Å². The van der Waals surface area contributed by atoms with Gasteiger partial charge >= 0.3 is 12.1 Å². The summed E-state index contributed by atoms with van der Waals surface area (Å²) in [6.07, 6.45) is -4.43. The molecular formula is C14H16BrF3N2O2. The minimum absolute atomic E-state index is 0.137. The second-order valence-electron chi connectivity index (χ2n) is 5.20. The number of carboxylic acids is 1. The van der Waals surface area contributed by atoms with E-state index in [9.17, 15) is 18.0 Å². The van der Waals surface area contributed by atoms with Gasteiger partial charge in [0.15, 0.2) is 0 Å². The van der Waals surface area contributed by atoms with Gasteiger partial charge in [0.1, 0.15) is 6.04 Å². The van der Waals surface area contributed by atoms with Crippen LogP contribution in [0.5, 0.6) is 0 Å². The second-order valence-corrected chi connectivity index (χ2v) is 6.11. The number of anilines is 1. The van der Waals surface area contributed by atoms with Crippen molar-refractivity contribution >= 4 is 27.6 Å². The number of rotatable bonds is 3. The summed E-state index contributed by atoms with van der Waals surface area (Å²) in [5.74, 6) is -0.923. The summed E-state index contributed by atoms with van der Waals surface area (Å²) in [5, 5.41) is 8.99. The molecule has 0 spiro atoms. The molecule has 1 heterocycles. The molecule has 122 valence electrons. The highest BCUT2D eigenvalue weighted by Gasteiger charge is 2.36. The Morgan fingerprint density at radius 2 is 1.86 bits per heavy atom. The van der Waals surface area contributed by atoms with E-state index in [0.717, 1.165) is 6.07 Å². The van der Waals surface area contributed by atoms with Gasteiger partial charge in [-0.3, -0.25) is 9.69 Å². The summed E-state index contributed by atoms with van der Waals surface area (Å²) in [5.41, 5.74) is -0.542. The van der Waals surface area contributed by atoms with Crippen LogP contribution >= 0.6 is 15.9 Å². The molecule has 0 amide bonds. The van der Waals surface area contributed by atoms with E-state index >= 15 is 0 Å². The van der Waals surface area contributed by atoms with Crippen molar-refractivity contribution in [1.82, 2.24) is 4.90 Å². The third-order valence-electron chi connectivity index (χ3n) is 3.82. The highest BCUT2D eigenvalue weighted by atomic mass is 79.9. The molecule has 0 aliphatic carbocycles. The highest BCUT2D eigenvalue weighted by Crippen LogP contribution is 2.38. The van der Waals surface area contributed by atoms with Crippen molar-refractivity contribution in [3.63, 3.8) is 0 Å². The first-order valence-electron chi connectivity index (χ1n) is 6.78. The molecule has 1 fully saturated rings. The maximum absolute atomic E-state index is 13.2. The van der Waals surface area contributed by atoms with Crippen LogP contribution in [0.25, 0.3) is 0 Å². The standard InChI is InChI=1S/C14H16BrF3N2O2/c1-9(13(21)22)19-4-6-20(7-5-19)12-3-2-10(15)8-11(12)14(16,17)18/h2-3,8-9H,4-7H2,1H3,(H,21,22). The molecule has 0 saturated carbocycles. The van der Waals surface area contributed by atoms with Crippen molar-refractivity contribution in [2.24, 2.45) is 0 Å². The first kappa shape index (κ1) is 17.1. The molecule has 1 saturated heterocycles. The van der Waals surface area contributed by atoms with E-state index in [2.05, 4.69) is 15.9 Å². The molecule has 0 aromatic heterocycles. The van der Waals surface area contributed by atoms with Crippen molar-refractivity contribution < 1.29 is 23.1 Å². The largest absolute Gasteiger partial charge is 0.480 e. The quantitative estimate of drug-likeness (QED) is 0.874. The normalized spacial score (nSPS) is 18.3. The molecule has 1 unspecified atom stereocenters. The van der Waals surface area contributed by atoms with Crippen molar-refractivity contribution in [3.8, 4) is 0 Å². The van der Waals surface area contributed by atoms with Crippen molar-refractivity contribution in [1.29, 1.82) is 0 Å². The molecule has 22 heavy (non-hydrogen) atoms. The molecule has 1 N–H and O–H groups in total. The summed E-state index contributed by atoms with van der Waals surface area (Å²) >= 11 is 3.07. The van der Waals surface area contributed by atoms with Crippen LogP contribution in [-0.4, -0.2) is 48.2 Å². The smallest absolute Gasteiger partial charge is 0.418 e. The molecule has 4 nitrogen and oxygen atoms in total. The predicted octanol–water partition coefficient (Wildman–Crippen LogP) is 3.06. The first-order chi connectivity index (χ1) is 10.2. The Morgan fingerprint density at radius 3 is 2.36 bits per heavy atom. The van der Waals surface area contributed by atoms with Gasteiger partial charge in [0.25, 0.3) is 0 Å². The topological polar surface area (TPSA) is 43.8 Å². The van der Waals surface area contributed by atoms with E-state index in [0.29, 0.717) is 30.7 Å². The zero-order chi connectivity index (χ0) is 16.5. The molecule has 8 heteroatoms. The van der Waals surface area contributed by atoms with E-state index in [1.165, 1.54) is 6.07 Å². The molecule has 1 atom stereocenters. The summed E-state index contributed by atoms with van der Waals surface area (Å²) in [6, 6.07) is 3.47. The lowest BCUT2D eigenvalue weighted by Crippen LogP contribution is -2.52. The van der Waals surface area contributed by atoms with Crippen LogP contribution in [0.4, 0.5) is 18.9 Å². The first-order valence-corrected chi connectivity index (χ1v) is 7.58. The Kier molecular flexibility index (Phi) is 5.01. The lowest BCUT2D eigenvalue weighted by Gasteiger charge is -2.38. The fourth-order valence-electron chi connectivity index (χ4n) is 2.52. The van der Waals surface area contributed by atoms with Crippen molar-refractivity contribution in [2.45, 2.75) is 19.1 Å². The second kappa shape index (κ2) is 6.45. The van der Waals surface area contributed by atoms with Gasteiger partial charge in [0.2, 0.25) is 0 Å². The van der Waals surface area contributed by atoms with Crippen LogP contribution < -0.4 is 4.90 Å². The molecule has 1 aromatic carbocycles. The van der Waals surface area contributed by atoms with Crippen LogP contribution in [0, 0.1) is 0 Å². The monoisotopic (exact) mass is 380 g/mol. The zero-order valence-electron chi connectivity index (χ0n) is 11.9. The molecule has 1 aliphatic heterocycles. The fourth-order valence-corrected chi connectivity index (χ4v) is 2.88. The maximum atomic E-state index is 13.2. The average molecular weight is 381 g/mol. The lowest BCUT2D eigenvalue weighted by molar-refractivity contribution is -0.142. The number of hydrogen-bond acceptors (Lipinski definition) is 3. The summed E-state index contributed by atoms with van der Waals surface area (Å²) < 4.78 is 39.9. The summed E-state index contributed by atoms with van der Waals surface area (Å²) in [4.78, 5) is 14.4. The summed E-state index contributed by atoms with van der Waals surface area (Å²) in [7, 11) is 0. The molecule has 2 rings (SSSR count). The van der Waals surface area contributed by atoms with Crippen LogP contribution in [-0.2, 0) is 11.0 Å². The molecule has 1 aromatic rings. The summed E-state index contributed by atoms with van der Waals surface area (Å²) in [6.45, 7) is 3.14. The van der Waals surface area contributed by atoms with Gasteiger partial charge in [-0.25, -0.2) is 0 Å². The number of carbonyl (C=O) groups is 1. The number of carboxylic acid groups (broad SMARTS) is 1. The van der Waals surface area contributed by atoms with Gasteiger partial charge in [0.05, 0.1) is 5.56 Å². The highest BCUT2D eigenvalue weighted by molar-refractivity contribution is 9.10. The Morgan fingerprint density at radius 1 is 1.27 bits per heavy atom. The Balaban J connectivity index is 2.17. The number of benzene rings is 1. The van der Waals surface area contributed by atoms with Crippen molar-refractivity contribution in [2.75, 3.05) is 31.1 Å². The molecule has 0 bridgehead atoms. The number of piperazine rings is 1. The Labute approximate surface area is 134 Å². The number of hydrogen-bond donors (Lipinski definition) is 1. The van der Waals surface area contributed by atoms with Crippen LogP contribution in [0.3, 0.4) is 0 Å². The minimum Gasteiger partial charge on any atom is -0.480 e. The average Bonchev–Trinajstić information content (AvgIpc) is 2.45. The number of halogens is 4. The number of alkyl halides is 3. The van der Waals surface area contributed by atoms with E-state index in [1.807, 2.05) is 0 Å². The number of nitrogens with zero attached hydrogens (tertiary/aromatic N) is 2. The number of aliphatic carboxylic acids is 1. The van der Waals surface area contributed by atoms with E-state index in [1.54, 1.807) is 22.8 Å². The van der Waals surface area contributed by atoms with Crippen molar-refractivity contribution in [3.05, 3.63) is 28.2 Å². The third kappa shape index (κ3) is 3.73. The van der Waals surface area contributed by atoms with Gasteiger partial charge in [-0.1, -0.05) is 15.9 Å². The Hall–Kier alpha value is -1.28.